The fourth-order valence-electron chi connectivity index (χ4n) is 6.17. The molecule has 9 heteroatoms. The van der Waals surface area contributed by atoms with Crippen LogP contribution in [0.2, 0.25) is 0 Å². The highest BCUT2D eigenvalue weighted by Crippen LogP contribution is 2.38. The lowest BCUT2D eigenvalue weighted by molar-refractivity contribution is 0.0915. The van der Waals surface area contributed by atoms with Crippen LogP contribution >= 0.6 is 0 Å². The summed E-state index contributed by atoms with van der Waals surface area (Å²) in [5.74, 6) is 0.200. The minimum absolute atomic E-state index is 0.00424. The number of carbonyl (C=O) groups excluding carboxylic acids is 2. The predicted molar refractivity (Wildman–Crippen MR) is 183 cm³/mol. The summed E-state index contributed by atoms with van der Waals surface area (Å²) in [4.78, 5) is 37.3. The molecule has 0 radical (unpaired) electrons. The van der Waals surface area contributed by atoms with Crippen LogP contribution in [0.25, 0.3) is 16.7 Å². The number of urea groups is 1. The number of aromatic nitrogens is 4. The molecule has 2 aromatic carbocycles. The number of hydrogen-bond acceptors (Lipinski definition) is 6. The number of aryl methyl sites for hydroxylation is 2. The third-order valence-electron chi connectivity index (χ3n) is 8.73. The van der Waals surface area contributed by atoms with Crippen LogP contribution in [0.15, 0.2) is 79.0 Å². The zero-order valence-corrected chi connectivity index (χ0v) is 27.1. The van der Waals surface area contributed by atoms with Gasteiger partial charge in [0.25, 0.3) is 0 Å². The largest absolute Gasteiger partial charge is 0.324 e. The molecule has 0 aliphatic carbocycles. The number of ketones is 1. The van der Waals surface area contributed by atoms with Crippen molar-refractivity contribution in [2.45, 2.75) is 58.8 Å². The van der Waals surface area contributed by atoms with E-state index in [0.717, 1.165) is 53.8 Å². The average Bonchev–Trinajstić information content (AvgIpc) is 3.47. The van der Waals surface area contributed by atoms with Gasteiger partial charge in [-0.05, 0) is 87.7 Å². The van der Waals surface area contributed by atoms with E-state index in [1.807, 2.05) is 86.6 Å². The molecule has 0 saturated carbocycles. The number of Topliss-reactive ketones (excluding diaryl/α,β-unsaturated/α-hetero) is 1. The Kier molecular flexibility index (Phi) is 8.69. The molecule has 3 N–H and O–H groups in total. The van der Waals surface area contributed by atoms with Gasteiger partial charge in [0.05, 0.1) is 23.0 Å². The number of fused-ring (bicyclic) bond motifs is 1. The zero-order valence-electron chi connectivity index (χ0n) is 27.1. The van der Waals surface area contributed by atoms with Crippen molar-refractivity contribution in [2.75, 3.05) is 23.7 Å². The smallest absolute Gasteiger partial charge is 0.317 e. The maximum atomic E-state index is 14.5. The first-order chi connectivity index (χ1) is 22.1. The van der Waals surface area contributed by atoms with Crippen LogP contribution in [0, 0.1) is 19.8 Å². The van der Waals surface area contributed by atoms with E-state index < -0.39 is 11.9 Å². The number of pyridine rings is 2. The van der Waals surface area contributed by atoms with Crippen LogP contribution in [0.1, 0.15) is 72.4 Å². The molecule has 46 heavy (non-hydrogen) atoms. The fraction of sp³-hybridized carbons (Fsp3) is 0.324. The fourth-order valence-corrected chi connectivity index (χ4v) is 6.17. The number of para-hydroxylation sites is 1. The molecule has 3 aromatic heterocycles. The van der Waals surface area contributed by atoms with Gasteiger partial charge >= 0.3 is 6.03 Å². The van der Waals surface area contributed by atoms with Crippen molar-refractivity contribution in [2.24, 2.45) is 5.92 Å². The van der Waals surface area contributed by atoms with E-state index in [4.69, 9.17) is 5.10 Å². The van der Waals surface area contributed by atoms with Crippen molar-refractivity contribution in [3.8, 4) is 5.69 Å². The number of nitrogens with zero attached hydrogens (tertiary/aromatic N) is 4. The minimum Gasteiger partial charge on any atom is -0.317 e. The Bertz CT molecular complexity index is 1880. The first-order valence-electron chi connectivity index (χ1n) is 15.9. The molecule has 0 spiro atoms. The molecule has 1 aliphatic heterocycles. The van der Waals surface area contributed by atoms with E-state index in [1.54, 1.807) is 10.9 Å². The molecule has 1 fully saturated rings. The maximum absolute atomic E-state index is 14.5. The first-order valence-corrected chi connectivity index (χ1v) is 15.9. The molecule has 0 bridgehead atoms. The molecule has 4 heterocycles. The minimum atomic E-state index is -0.459. The van der Waals surface area contributed by atoms with Crippen LogP contribution in [0.4, 0.5) is 16.3 Å². The van der Waals surface area contributed by atoms with Gasteiger partial charge in [0.15, 0.2) is 11.4 Å². The number of benzene rings is 2. The molecule has 1 unspecified atom stereocenters. The number of nitrogens with one attached hydrogen (secondary N) is 3. The molecule has 5 aromatic rings. The summed E-state index contributed by atoms with van der Waals surface area (Å²) >= 11 is 0. The molecule has 6 rings (SSSR count). The second-order valence-corrected chi connectivity index (χ2v) is 13.2. The maximum Gasteiger partial charge on any atom is 0.324 e. The van der Waals surface area contributed by atoms with E-state index in [0.29, 0.717) is 28.4 Å². The Morgan fingerprint density at radius 1 is 0.935 bits per heavy atom. The van der Waals surface area contributed by atoms with E-state index in [2.05, 4.69) is 46.7 Å². The number of anilines is 2. The standard InChI is InChI=1S/C37H41N7O2/c1-23-12-14-27(15-13-23)44-32(22-31(43-44)37(3,4)5)42-36(46)41-30-11-7-6-10-28(30)33(25-16-19-38-20-17-25)34(45)29-21-26-9-8-18-39-35(26)40-24(29)2/h6-15,18,21-22,25,33,38H,16-17,19-20H2,1-5H3,(H2,41,42,46). The summed E-state index contributed by atoms with van der Waals surface area (Å²) in [6, 6.07) is 22.8. The van der Waals surface area contributed by atoms with Crippen molar-refractivity contribution >= 4 is 34.4 Å². The van der Waals surface area contributed by atoms with E-state index >= 15 is 0 Å². The Balaban J connectivity index is 1.34. The molecular weight excluding hydrogens is 574 g/mol. The summed E-state index contributed by atoms with van der Waals surface area (Å²) in [6.45, 7) is 11.9. The number of piperidine rings is 1. The molecule has 9 nitrogen and oxygen atoms in total. The molecule has 236 valence electrons. The van der Waals surface area contributed by atoms with Gasteiger partial charge in [-0.1, -0.05) is 56.7 Å². The number of hydrogen-bond donors (Lipinski definition) is 3. The lowest BCUT2D eigenvalue weighted by Gasteiger charge is -2.31. The van der Waals surface area contributed by atoms with Crippen molar-refractivity contribution in [1.82, 2.24) is 25.1 Å². The Hall–Kier alpha value is -4.89. The van der Waals surface area contributed by atoms with Gasteiger partial charge in [-0.2, -0.15) is 5.10 Å². The Morgan fingerprint density at radius 3 is 2.41 bits per heavy atom. The summed E-state index contributed by atoms with van der Waals surface area (Å²) in [6.07, 6.45) is 3.41. The SMILES string of the molecule is Cc1ccc(-n2nc(C(C)(C)C)cc2NC(=O)Nc2ccccc2C(C(=O)c2cc3cccnc3nc2C)C2CCNCC2)cc1. The van der Waals surface area contributed by atoms with Crippen molar-refractivity contribution in [1.29, 1.82) is 0 Å². The predicted octanol–water partition coefficient (Wildman–Crippen LogP) is 7.34. The normalized spacial score (nSPS) is 14.6. The highest BCUT2D eigenvalue weighted by Gasteiger charge is 2.34. The van der Waals surface area contributed by atoms with Crippen LogP contribution in [0.5, 0.6) is 0 Å². The summed E-state index contributed by atoms with van der Waals surface area (Å²) in [5, 5.41) is 15.2. The van der Waals surface area contributed by atoms with E-state index in [9.17, 15) is 9.59 Å². The summed E-state index contributed by atoms with van der Waals surface area (Å²) in [7, 11) is 0. The van der Waals surface area contributed by atoms with Gasteiger partial charge in [0.1, 0.15) is 5.82 Å². The Morgan fingerprint density at radius 2 is 1.67 bits per heavy atom. The third-order valence-corrected chi connectivity index (χ3v) is 8.73. The van der Waals surface area contributed by atoms with E-state index in [1.165, 1.54) is 0 Å². The lowest BCUT2D eigenvalue weighted by Crippen LogP contribution is -2.34. The molecule has 1 atom stereocenters. The van der Waals surface area contributed by atoms with Gasteiger partial charge in [-0.3, -0.25) is 10.1 Å². The van der Waals surface area contributed by atoms with Crippen molar-refractivity contribution in [3.05, 3.63) is 107 Å². The highest BCUT2D eigenvalue weighted by atomic mass is 16.2. The van der Waals surface area contributed by atoms with Crippen LogP contribution in [-0.2, 0) is 5.41 Å². The summed E-state index contributed by atoms with van der Waals surface area (Å²) in [5.41, 5.74) is 5.87. The van der Waals surface area contributed by atoms with Gasteiger partial charge < -0.3 is 10.6 Å². The molecule has 2 amide bonds. The van der Waals surface area contributed by atoms with Crippen molar-refractivity contribution < 1.29 is 9.59 Å². The highest BCUT2D eigenvalue weighted by molar-refractivity contribution is 6.06. The number of rotatable bonds is 7. The third kappa shape index (κ3) is 6.55. The van der Waals surface area contributed by atoms with Crippen molar-refractivity contribution in [3.63, 3.8) is 0 Å². The van der Waals surface area contributed by atoms with Gasteiger partial charge in [0, 0.05) is 34.3 Å². The second kappa shape index (κ2) is 12.8. The topological polar surface area (TPSA) is 114 Å². The lowest BCUT2D eigenvalue weighted by atomic mass is 9.75. The van der Waals surface area contributed by atoms with Gasteiger partial charge in [-0.15, -0.1) is 0 Å². The van der Waals surface area contributed by atoms with Gasteiger partial charge in [0.2, 0.25) is 0 Å². The monoisotopic (exact) mass is 615 g/mol. The second-order valence-electron chi connectivity index (χ2n) is 13.2. The quantitative estimate of drug-likeness (QED) is 0.165. The molecule has 1 saturated heterocycles. The van der Waals surface area contributed by atoms with Gasteiger partial charge in [-0.25, -0.2) is 19.4 Å². The zero-order chi connectivity index (χ0) is 32.4. The Labute approximate surface area is 269 Å². The van der Waals surface area contributed by atoms with Crippen LogP contribution in [0.3, 0.4) is 0 Å². The summed E-state index contributed by atoms with van der Waals surface area (Å²) < 4.78 is 1.76. The number of carbonyl (C=O) groups is 2. The average molecular weight is 616 g/mol. The molecular formula is C37H41N7O2. The van der Waals surface area contributed by atoms with E-state index in [-0.39, 0.29) is 17.1 Å². The number of amides is 2. The first kappa shape index (κ1) is 31.1. The van der Waals surface area contributed by atoms with Crippen LogP contribution in [-0.4, -0.2) is 44.7 Å². The van der Waals surface area contributed by atoms with Crippen LogP contribution < -0.4 is 16.0 Å². The molecule has 1 aliphatic rings.